The molecule has 2 aliphatic carbocycles. The zero-order valence-electron chi connectivity index (χ0n) is 12.9. The number of aliphatic carboxylic acids is 1. The number of carbonyl (C=O) groups is 1. The van der Waals surface area contributed by atoms with E-state index in [9.17, 15) is 20.0 Å². The quantitative estimate of drug-likeness (QED) is 0.616. The van der Waals surface area contributed by atoms with Gasteiger partial charge in [0.25, 0.3) is 0 Å². The van der Waals surface area contributed by atoms with Crippen molar-refractivity contribution in [1.82, 2.24) is 0 Å². The summed E-state index contributed by atoms with van der Waals surface area (Å²) in [7, 11) is 0. The predicted molar refractivity (Wildman–Crippen MR) is 79.7 cm³/mol. The molecule has 0 saturated heterocycles. The Hall–Kier alpha value is -1.13. The second-order valence-electron chi connectivity index (χ2n) is 6.98. The molecule has 0 bridgehead atoms. The molecule has 0 heterocycles. The van der Waals surface area contributed by atoms with Crippen molar-refractivity contribution in [1.29, 1.82) is 0 Å². The van der Waals surface area contributed by atoms with Crippen molar-refractivity contribution in [2.45, 2.75) is 77.2 Å². The SMILES string of the molecule is CCCC1CCC(C2(C(=O)O)CCC([N+](=O)[O-])CC2)CC1. The smallest absolute Gasteiger partial charge is 0.309 e. The number of nitro groups is 1. The molecule has 0 amide bonds. The molecule has 0 aromatic heterocycles. The van der Waals surface area contributed by atoms with Crippen LogP contribution in [0.3, 0.4) is 0 Å². The van der Waals surface area contributed by atoms with E-state index in [0.29, 0.717) is 25.7 Å². The molecule has 0 aliphatic heterocycles. The Morgan fingerprint density at radius 3 is 2.19 bits per heavy atom. The minimum absolute atomic E-state index is 0.218. The molecule has 5 heteroatoms. The zero-order valence-corrected chi connectivity index (χ0v) is 12.9. The van der Waals surface area contributed by atoms with Gasteiger partial charge in [0.2, 0.25) is 6.04 Å². The maximum atomic E-state index is 11.9. The van der Waals surface area contributed by atoms with E-state index in [1.165, 1.54) is 12.8 Å². The normalized spacial score (nSPS) is 37.1. The molecule has 0 atom stereocenters. The average Bonchev–Trinajstić information content (AvgIpc) is 2.48. The van der Waals surface area contributed by atoms with Crippen LogP contribution in [0.5, 0.6) is 0 Å². The van der Waals surface area contributed by atoms with Gasteiger partial charge in [-0.3, -0.25) is 14.9 Å². The Balaban J connectivity index is 2.00. The van der Waals surface area contributed by atoms with E-state index in [2.05, 4.69) is 6.92 Å². The van der Waals surface area contributed by atoms with E-state index in [1.54, 1.807) is 0 Å². The van der Waals surface area contributed by atoms with Gasteiger partial charge in [0.1, 0.15) is 0 Å². The average molecular weight is 297 g/mol. The lowest BCUT2D eigenvalue weighted by Gasteiger charge is -2.43. The molecule has 2 saturated carbocycles. The summed E-state index contributed by atoms with van der Waals surface area (Å²) in [6.07, 6.45) is 8.50. The van der Waals surface area contributed by atoms with Gasteiger partial charge in [-0.05, 0) is 37.5 Å². The summed E-state index contributed by atoms with van der Waals surface area (Å²) in [5.74, 6) is 0.256. The molecule has 120 valence electrons. The fourth-order valence-electron chi connectivity index (χ4n) is 4.54. The van der Waals surface area contributed by atoms with Crippen LogP contribution in [0, 0.1) is 27.4 Å². The number of nitrogens with zero attached hydrogens (tertiary/aromatic N) is 1. The van der Waals surface area contributed by atoms with E-state index >= 15 is 0 Å². The molecular weight excluding hydrogens is 270 g/mol. The number of carboxylic acids is 1. The monoisotopic (exact) mass is 297 g/mol. The summed E-state index contributed by atoms with van der Waals surface area (Å²) in [6.45, 7) is 2.20. The van der Waals surface area contributed by atoms with Gasteiger partial charge in [-0.1, -0.05) is 32.6 Å². The van der Waals surface area contributed by atoms with Crippen LogP contribution in [0.25, 0.3) is 0 Å². The van der Waals surface area contributed by atoms with E-state index < -0.39 is 17.4 Å². The first kappa shape index (κ1) is 16.2. The summed E-state index contributed by atoms with van der Waals surface area (Å²) < 4.78 is 0. The Morgan fingerprint density at radius 1 is 1.19 bits per heavy atom. The highest BCUT2D eigenvalue weighted by Gasteiger charge is 2.50. The van der Waals surface area contributed by atoms with Crippen molar-refractivity contribution in [3.63, 3.8) is 0 Å². The fourth-order valence-corrected chi connectivity index (χ4v) is 4.54. The second-order valence-corrected chi connectivity index (χ2v) is 6.98. The summed E-state index contributed by atoms with van der Waals surface area (Å²) in [4.78, 5) is 22.5. The number of hydrogen-bond donors (Lipinski definition) is 1. The maximum Gasteiger partial charge on any atom is 0.309 e. The lowest BCUT2D eigenvalue weighted by atomic mass is 9.60. The molecule has 2 rings (SSSR count). The number of carboxylic acid groups (broad SMARTS) is 1. The van der Waals surface area contributed by atoms with Gasteiger partial charge in [0.15, 0.2) is 0 Å². The summed E-state index contributed by atoms with van der Waals surface area (Å²) in [6, 6.07) is -0.533. The van der Waals surface area contributed by atoms with E-state index in [1.807, 2.05) is 0 Å². The molecule has 0 radical (unpaired) electrons. The number of rotatable bonds is 5. The van der Waals surface area contributed by atoms with E-state index in [0.717, 1.165) is 31.6 Å². The minimum Gasteiger partial charge on any atom is -0.481 e. The van der Waals surface area contributed by atoms with Gasteiger partial charge in [-0.15, -0.1) is 0 Å². The van der Waals surface area contributed by atoms with Gasteiger partial charge in [-0.25, -0.2) is 0 Å². The topological polar surface area (TPSA) is 80.4 Å². The van der Waals surface area contributed by atoms with E-state index in [4.69, 9.17) is 0 Å². The van der Waals surface area contributed by atoms with Gasteiger partial charge < -0.3 is 5.11 Å². The van der Waals surface area contributed by atoms with Crippen LogP contribution in [0.15, 0.2) is 0 Å². The first-order valence-corrected chi connectivity index (χ1v) is 8.36. The molecule has 1 N–H and O–H groups in total. The largest absolute Gasteiger partial charge is 0.481 e. The van der Waals surface area contributed by atoms with Gasteiger partial charge in [0.05, 0.1) is 5.41 Å². The molecule has 0 aromatic carbocycles. The van der Waals surface area contributed by atoms with Crippen molar-refractivity contribution < 1.29 is 14.8 Å². The van der Waals surface area contributed by atoms with Crippen molar-refractivity contribution in [2.24, 2.45) is 17.3 Å². The molecule has 2 fully saturated rings. The minimum atomic E-state index is -0.719. The molecule has 0 spiro atoms. The maximum absolute atomic E-state index is 11.9. The first-order chi connectivity index (χ1) is 9.99. The molecule has 5 nitrogen and oxygen atoms in total. The third-order valence-corrected chi connectivity index (χ3v) is 5.90. The first-order valence-electron chi connectivity index (χ1n) is 8.36. The van der Waals surface area contributed by atoms with Gasteiger partial charge >= 0.3 is 5.97 Å². The lowest BCUT2D eigenvalue weighted by Crippen LogP contribution is -2.45. The highest BCUT2D eigenvalue weighted by atomic mass is 16.6. The van der Waals surface area contributed by atoms with Crippen LogP contribution in [-0.2, 0) is 4.79 Å². The van der Waals surface area contributed by atoms with Gasteiger partial charge in [0, 0.05) is 17.8 Å². The standard InChI is InChI=1S/C16H27NO4/c1-2-3-12-4-6-13(7-5-12)16(15(18)19)10-8-14(9-11-16)17(20)21/h12-14H,2-11H2,1H3,(H,18,19). The number of hydrogen-bond acceptors (Lipinski definition) is 3. The van der Waals surface area contributed by atoms with Crippen LogP contribution in [0.2, 0.25) is 0 Å². The summed E-state index contributed by atoms with van der Waals surface area (Å²) in [5.41, 5.74) is -0.691. The second kappa shape index (κ2) is 6.75. The highest BCUT2D eigenvalue weighted by molar-refractivity contribution is 5.75. The molecule has 21 heavy (non-hydrogen) atoms. The Kier molecular flexibility index (Phi) is 5.22. The predicted octanol–water partition coefficient (Wildman–Crippen LogP) is 3.88. The van der Waals surface area contributed by atoms with Crippen LogP contribution in [-0.4, -0.2) is 22.0 Å². The Bertz CT molecular complexity index is 380. The zero-order chi connectivity index (χ0) is 15.5. The molecular formula is C16H27NO4. The third kappa shape index (κ3) is 3.38. The lowest BCUT2D eigenvalue weighted by molar-refractivity contribution is -0.527. The summed E-state index contributed by atoms with van der Waals surface area (Å²) in [5, 5.41) is 20.6. The molecule has 0 aromatic rings. The van der Waals surface area contributed by atoms with Crippen LogP contribution >= 0.6 is 0 Å². The van der Waals surface area contributed by atoms with Crippen molar-refractivity contribution in [3.8, 4) is 0 Å². The Labute approximate surface area is 126 Å². The van der Waals surface area contributed by atoms with Crippen molar-refractivity contribution in [2.75, 3.05) is 0 Å². The fraction of sp³-hybridized carbons (Fsp3) is 0.938. The highest BCUT2D eigenvalue weighted by Crippen LogP contribution is 2.50. The van der Waals surface area contributed by atoms with E-state index in [-0.39, 0.29) is 10.8 Å². The van der Waals surface area contributed by atoms with Crippen LogP contribution in [0.4, 0.5) is 0 Å². The van der Waals surface area contributed by atoms with Crippen molar-refractivity contribution >= 4 is 5.97 Å². The Morgan fingerprint density at radius 2 is 1.76 bits per heavy atom. The van der Waals surface area contributed by atoms with Gasteiger partial charge in [-0.2, -0.15) is 0 Å². The molecule has 0 unspecified atom stereocenters. The molecule has 2 aliphatic rings. The van der Waals surface area contributed by atoms with Crippen LogP contribution < -0.4 is 0 Å². The van der Waals surface area contributed by atoms with Crippen LogP contribution in [0.1, 0.15) is 71.1 Å². The van der Waals surface area contributed by atoms with Crippen molar-refractivity contribution in [3.05, 3.63) is 10.1 Å². The third-order valence-electron chi connectivity index (χ3n) is 5.90. The summed E-state index contributed by atoms with van der Waals surface area (Å²) >= 11 is 0.